The number of aromatic nitrogens is 1. The summed E-state index contributed by atoms with van der Waals surface area (Å²) in [7, 11) is 0. The van der Waals surface area contributed by atoms with Gasteiger partial charge in [-0.1, -0.05) is 54.2 Å². The summed E-state index contributed by atoms with van der Waals surface area (Å²) >= 11 is 1.58. The summed E-state index contributed by atoms with van der Waals surface area (Å²) in [5, 5.41) is 0.462. The molecule has 0 saturated heterocycles. The van der Waals surface area contributed by atoms with Crippen LogP contribution in [0.25, 0.3) is 17.0 Å². The molecule has 2 aromatic rings. The largest absolute Gasteiger partial charge is 0.462 e. The van der Waals surface area contributed by atoms with E-state index in [2.05, 4.69) is 20.4 Å². The van der Waals surface area contributed by atoms with Crippen LogP contribution in [0.3, 0.4) is 0 Å². The van der Waals surface area contributed by atoms with Gasteiger partial charge < -0.3 is 14.0 Å². The SMILES string of the molecule is C=Cc1cc2c(=O)c(C(=O)OCC)cn(COCCCC(C)C)c2cc1SC.CC.CC. The zero-order valence-corrected chi connectivity index (χ0v) is 21.9. The second kappa shape index (κ2) is 16.6. The Morgan fingerprint density at radius 1 is 1.22 bits per heavy atom. The molecule has 0 aliphatic heterocycles. The molecule has 0 fully saturated rings. The van der Waals surface area contributed by atoms with E-state index in [-0.39, 0.29) is 24.3 Å². The second-order valence-corrected chi connectivity index (χ2v) is 7.80. The number of hydrogen-bond donors (Lipinski definition) is 0. The Morgan fingerprint density at radius 2 is 1.88 bits per heavy atom. The van der Waals surface area contributed by atoms with E-state index in [0.717, 1.165) is 28.8 Å². The Hall–Kier alpha value is -2.05. The summed E-state index contributed by atoms with van der Waals surface area (Å²) in [6, 6.07) is 3.74. The van der Waals surface area contributed by atoms with Crippen LogP contribution in [-0.2, 0) is 16.2 Å². The van der Waals surface area contributed by atoms with Gasteiger partial charge in [-0.2, -0.15) is 0 Å². The van der Waals surface area contributed by atoms with Crippen molar-refractivity contribution in [1.82, 2.24) is 4.57 Å². The maximum Gasteiger partial charge on any atom is 0.343 e. The standard InChI is InChI=1S/C22H29NO4S.2C2H6/c1-6-16-11-17-19(12-20(16)28-5)23(14-26-10-8-9-15(3)4)13-18(21(17)24)22(25)27-7-2;2*1-2/h6,11-13,15H,1,7-10,14H2,2-5H3;2*1-2H3. The zero-order chi connectivity index (χ0) is 24.7. The first kappa shape index (κ1) is 30.0. The lowest BCUT2D eigenvalue weighted by atomic mass is 10.1. The predicted molar refractivity (Wildman–Crippen MR) is 139 cm³/mol. The third-order valence-electron chi connectivity index (χ3n) is 4.45. The van der Waals surface area contributed by atoms with Crippen LogP contribution in [0.15, 0.2) is 34.6 Å². The van der Waals surface area contributed by atoms with Gasteiger partial charge in [0.2, 0.25) is 5.43 Å². The number of fused-ring (bicyclic) bond motifs is 1. The van der Waals surface area contributed by atoms with Gasteiger partial charge in [-0.05, 0) is 49.6 Å². The van der Waals surface area contributed by atoms with Crippen LogP contribution in [0.1, 0.15) is 77.2 Å². The molecule has 0 aliphatic carbocycles. The molecule has 0 spiro atoms. The fraction of sp³-hybridized carbons (Fsp3) is 0.538. The zero-order valence-electron chi connectivity index (χ0n) is 21.1. The van der Waals surface area contributed by atoms with Crippen LogP contribution in [0.2, 0.25) is 0 Å². The van der Waals surface area contributed by atoms with E-state index < -0.39 is 5.97 Å². The van der Waals surface area contributed by atoms with Crippen LogP contribution in [-0.4, -0.2) is 30.0 Å². The highest BCUT2D eigenvalue weighted by Gasteiger charge is 2.18. The molecule has 2 rings (SSSR count). The van der Waals surface area contributed by atoms with Crippen molar-refractivity contribution in [3.8, 4) is 0 Å². The van der Waals surface area contributed by atoms with Gasteiger partial charge in [0, 0.05) is 23.1 Å². The predicted octanol–water partition coefficient (Wildman–Crippen LogP) is 7.01. The fourth-order valence-corrected chi connectivity index (χ4v) is 3.60. The Balaban J connectivity index is 0.00000227. The Kier molecular flexibility index (Phi) is 15.5. The molecule has 1 aromatic heterocycles. The number of rotatable bonds is 10. The third-order valence-corrected chi connectivity index (χ3v) is 5.24. The van der Waals surface area contributed by atoms with Crippen molar-refractivity contribution in [3.63, 3.8) is 0 Å². The fourth-order valence-electron chi connectivity index (χ4n) is 2.99. The third kappa shape index (κ3) is 8.47. The van der Waals surface area contributed by atoms with Gasteiger partial charge in [0.25, 0.3) is 0 Å². The van der Waals surface area contributed by atoms with Crippen LogP contribution in [0.5, 0.6) is 0 Å². The number of benzene rings is 1. The highest BCUT2D eigenvalue weighted by atomic mass is 32.2. The van der Waals surface area contributed by atoms with Gasteiger partial charge in [0.05, 0.1) is 12.1 Å². The molecule has 0 aliphatic rings. The topological polar surface area (TPSA) is 57.5 Å². The molecule has 0 atom stereocenters. The summed E-state index contributed by atoms with van der Waals surface area (Å²) in [4.78, 5) is 26.2. The normalized spacial score (nSPS) is 10.2. The van der Waals surface area contributed by atoms with E-state index in [4.69, 9.17) is 9.47 Å². The molecule has 1 heterocycles. The molecule has 1 aromatic carbocycles. The number of hydrogen-bond acceptors (Lipinski definition) is 5. The molecule has 0 N–H and O–H groups in total. The Labute approximate surface area is 198 Å². The summed E-state index contributed by atoms with van der Waals surface area (Å²) in [6.07, 6.45) is 7.30. The van der Waals surface area contributed by atoms with Crippen LogP contribution in [0.4, 0.5) is 0 Å². The number of carbonyl (C=O) groups is 1. The van der Waals surface area contributed by atoms with Crippen molar-refractivity contribution in [2.24, 2.45) is 5.92 Å². The molecule has 32 heavy (non-hydrogen) atoms. The number of ether oxygens (including phenoxy) is 2. The van der Waals surface area contributed by atoms with Crippen molar-refractivity contribution in [2.75, 3.05) is 19.5 Å². The van der Waals surface area contributed by atoms with E-state index in [9.17, 15) is 9.59 Å². The molecular formula is C26H41NO4S. The molecule has 180 valence electrons. The van der Waals surface area contributed by atoms with Crippen molar-refractivity contribution in [3.05, 3.63) is 46.3 Å². The summed E-state index contributed by atoms with van der Waals surface area (Å²) < 4.78 is 12.7. The first-order valence-electron chi connectivity index (χ1n) is 11.5. The van der Waals surface area contributed by atoms with Crippen LogP contribution in [0, 0.1) is 5.92 Å². The average Bonchev–Trinajstić information content (AvgIpc) is 2.81. The molecule has 5 nitrogen and oxygen atoms in total. The van der Waals surface area contributed by atoms with E-state index in [1.54, 1.807) is 37.0 Å². The van der Waals surface area contributed by atoms with Crippen LogP contribution >= 0.6 is 11.8 Å². The quantitative estimate of drug-likeness (QED) is 0.215. The summed E-state index contributed by atoms with van der Waals surface area (Å²) in [5.74, 6) is 0.0192. The lowest BCUT2D eigenvalue weighted by Gasteiger charge is -2.16. The van der Waals surface area contributed by atoms with E-state index >= 15 is 0 Å². The van der Waals surface area contributed by atoms with Gasteiger partial charge >= 0.3 is 5.97 Å². The van der Waals surface area contributed by atoms with Gasteiger partial charge in [-0.3, -0.25) is 4.79 Å². The Morgan fingerprint density at radius 3 is 2.41 bits per heavy atom. The minimum absolute atomic E-state index is 0.0204. The second-order valence-electron chi connectivity index (χ2n) is 6.95. The molecule has 0 saturated carbocycles. The van der Waals surface area contributed by atoms with Crippen molar-refractivity contribution < 1.29 is 14.3 Å². The maximum absolute atomic E-state index is 12.9. The summed E-state index contributed by atoms with van der Waals surface area (Å²) in [5.41, 5.74) is 1.28. The number of esters is 1. The van der Waals surface area contributed by atoms with Gasteiger partial charge in [0.1, 0.15) is 12.3 Å². The minimum Gasteiger partial charge on any atom is -0.462 e. The smallest absolute Gasteiger partial charge is 0.343 e. The van der Waals surface area contributed by atoms with E-state index in [0.29, 0.717) is 17.9 Å². The van der Waals surface area contributed by atoms with Gasteiger partial charge in [-0.15, -0.1) is 11.8 Å². The average molecular weight is 464 g/mol. The molecule has 0 amide bonds. The molecule has 0 radical (unpaired) electrons. The first-order chi connectivity index (χ1) is 15.4. The molecule has 0 bridgehead atoms. The number of carbonyl (C=O) groups excluding carboxylic acids is 1. The van der Waals surface area contributed by atoms with Gasteiger partial charge in [0.15, 0.2) is 0 Å². The number of pyridine rings is 1. The van der Waals surface area contributed by atoms with Crippen molar-refractivity contribution in [2.45, 2.75) is 72.9 Å². The van der Waals surface area contributed by atoms with Crippen molar-refractivity contribution in [1.29, 1.82) is 0 Å². The highest BCUT2D eigenvalue weighted by molar-refractivity contribution is 7.98. The molecular weight excluding hydrogens is 422 g/mol. The maximum atomic E-state index is 12.9. The van der Waals surface area contributed by atoms with E-state index in [1.165, 1.54) is 0 Å². The van der Waals surface area contributed by atoms with E-state index in [1.807, 2.05) is 44.6 Å². The van der Waals surface area contributed by atoms with Crippen LogP contribution < -0.4 is 5.43 Å². The highest BCUT2D eigenvalue weighted by Crippen LogP contribution is 2.27. The monoisotopic (exact) mass is 463 g/mol. The first-order valence-corrected chi connectivity index (χ1v) is 12.8. The lowest BCUT2D eigenvalue weighted by Crippen LogP contribution is -2.21. The summed E-state index contributed by atoms with van der Waals surface area (Å²) in [6.45, 7) is 19.0. The lowest BCUT2D eigenvalue weighted by molar-refractivity contribution is 0.0519. The number of thioether (sulfide) groups is 1. The van der Waals surface area contributed by atoms with Crippen molar-refractivity contribution >= 4 is 34.7 Å². The minimum atomic E-state index is -0.614. The molecule has 0 unspecified atom stereocenters. The Bertz CT molecular complexity index is 903. The van der Waals surface area contributed by atoms with Gasteiger partial charge in [-0.25, -0.2) is 4.79 Å². The number of nitrogens with zero attached hydrogens (tertiary/aromatic N) is 1. The molecule has 6 heteroatoms.